The van der Waals surface area contributed by atoms with Gasteiger partial charge in [-0.15, -0.1) is 11.3 Å². The van der Waals surface area contributed by atoms with Crippen molar-refractivity contribution in [3.63, 3.8) is 0 Å². The molecule has 36 heavy (non-hydrogen) atoms. The van der Waals surface area contributed by atoms with Gasteiger partial charge in [0.1, 0.15) is 17.8 Å². The minimum atomic E-state index is -0.915. The van der Waals surface area contributed by atoms with Crippen molar-refractivity contribution in [2.45, 2.75) is 44.8 Å². The lowest BCUT2D eigenvalue weighted by molar-refractivity contribution is -0.136. The van der Waals surface area contributed by atoms with Crippen molar-refractivity contribution in [2.24, 2.45) is 5.73 Å². The number of carbonyl (C=O) groups excluding carboxylic acids is 4. The summed E-state index contributed by atoms with van der Waals surface area (Å²) in [4.78, 5) is 53.0. The lowest BCUT2D eigenvalue weighted by Gasteiger charge is -2.24. The Balaban J connectivity index is 1.69. The lowest BCUT2D eigenvalue weighted by atomic mass is 10.1. The number of hydrogen-bond donors (Lipinski definition) is 4. The Hall–Kier alpha value is -3.86. The normalized spacial score (nSPS) is 17.6. The van der Waals surface area contributed by atoms with Gasteiger partial charge >= 0.3 is 6.03 Å². The van der Waals surface area contributed by atoms with Crippen LogP contribution < -0.4 is 26.4 Å². The Kier molecular flexibility index (Phi) is 9.07. The fourth-order valence-corrected chi connectivity index (χ4v) is 4.66. The standard InChI is InChI=1S/C25H31N5O5S/c1-15(2)11-22(31)30-14-17(28-25(34)27-16-6-8-18(35-3)9-7-16)12-21(30)24(33)29-20(23(26)32)13-19-5-4-10-36-19/h4-11,17,20-21H,12-14H2,1-3H3,(H2,26,32)(H,29,33)(H2,27,28,34)/t17-,20-,21-/m0/s1. The number of urea groups is 1. The molecule has 11 heteroatoms. The van der Waals surface area contributed by atoms with Crippen LogP contribution in [0, 0.1) is 0 Å². The fourth-order valence-electron chi connectivity index (χ4n) is 3.91. The molecule has 0 radical (unpaired) electrons. The van der Waals surface area contributed by atoms with Crippen molar-refractivity contribution < 1.29 is 23.9 Å². The number of anilines is 1. The summed E-state index contributed by atoms with van der Waals surface area (Å²) in [6.45, 7) is 3.71. The van der Waals surface area contributed by atoms with E-state index in [9.17, 15) is 19.2 Å². The monoisotopic (exact) mass is 513 g/mol. The van der Waals surface area contributed by atoms with Gasteiger partial charge in [-0.05, 0) is 56.0 Å². The van der Waals surface area contributed by atoms with E-state index in [0.717, 1.165) is 10.5 Å². The zero-order valence-electron chi connectivity index (χ0n) is 20.4. The number of hydrogen-bond acceptors (Lipinski definition) is 6. The second kappa shape index (κ2) is 12.2. The van der Waals surface area contributed by atoms with Crippen LogP contribution in [-0.2, 0) is 20.8 Å². The molecule has 1 fully saturated rings. The molecule has 1 aliphatic rings. The third kappa shape index (κ3) is 7.32. The number of methoxy groups -OCH3 is 1. The Labute approximate surface area is 213 Å². The molecule has 10 nitrogen and oxygen atoms in total. The third-order valence-corrected chi connectivity index (χ3v) is 6.53. The van der Waals surface area contributed by atoms with Crippen molar-refractivity contribution in [1.82, 2.24) is 15.5 Å². The maximum atomic E-state index is 13.2. The van der Waals surface area contributed by atoms with Crippen molar-refractivity contribution in [1.29, 1.82) is 0 Å². The minimum absolute atomic E-state index is 0.142. The summed E-state index contributed by atoms with van der Waals surface area (Å²) in [6.07, 6.45) is 1.89. The van der Waals surface area contributed by atoms with E-state index in [2.05, 4.69) is 16.0 Å². The number of nitrogens with two attached hydrogens (primary N) is 1. The van der Waals surface area contributed by atoms with Gasteiger partial charge in [0.25, 0.3) is 0 Å². The van der Waals surface area contributed by atoms with Gasteiger partial charge < -0.3 is 31.3 Å². The maximum absolute atomic E-state index is 13.2. The van der Waals surface area contributed by atoms with Crippen LogP contribution in [0.1, 0.15) is 25.1 Å². The molecule has 5 amide bonds. The van der Waals surface area contributed by atoms with Gasteiger partial charge in [-0.3, -0.25) is 14.4 Å². The summed E-state index contributed by atoms with van der Waals surface area (Å²) < 4.78 is 5.11. The summed E-state index contributed by atoms with van der Waals surface area (Å²) >= 11 is 1.46. The number of rotatable bonds is 9. The predicted octanol–water partition coefficient (Wildman–Crippen LogP) is 2.03. The molecule has 3 rings (SSSR count). The largest absolute Gasteiger partial charge is 0.497 e. The Morgan fingerprint density at radius 1 is 1.19 bits per heavy atom. The van der Waals surface area contributed by atoms with E-state index in [0.29, 0.717) is 11.4 Å². The Morgan fingerprint density at radius 2 is 1.92 bits per heavy atom. The smallest absolute Gasteiger partial charge is 0.319 e. The number of allylic oxidation sites excluding steroid dienone is 1. The van der Waals surface area contributed by atoms with E-state index in [4.69, 9.17) is 10.5 Å². The predicted molar refractivity (Wildman–Crippen MR) is 138 cm³/mol. The van der Waals surface area contributed by atoms with Crippen LogP contribution >= 0.6 is 11.3 Å². The van der Waals surface area contributed by atoms with Gasteiger partial charge in [0.05, 0.1) is 13.2 Å². The zero-order valence-corrected chi connectivity index (χ0v) is 21.3. The van der Waals surface area contributed by atoms with E-state index in [1.807, 2.05) is 17.5 Å². The summed E-state index contributed by atoms with van der Waals surface area (Å²) in [6, 6.07) is 7.82. The number of carbonyl (C=O) groups is 4. The molecule has 1 aromatic carbocycles. The fraction of sp³-hybridized carbons (Fsp3) is 0.360. The molecule has 0 unspecified atom stereocenters. The van der Waals surface area contributed by atoms with Crippen LogP contribution in [0.5, 0.6) is 5.75 Å². The topological polar surface area (TPSA) is 143 Å². The van der Waals surface area contributed by atoms with Crippen molar-refractivity contribution >= 4 is 40.8 Å². The average Bonchev–Trinajstić information content (AvgIpc) is 3.48. The van der Waals surface area contributed by atoms with E-state index in [1.165, 1.54) is 22.3 Å². The molecule has 0 bridgehead atoms. The zero-order chi connectivity index (χ0) is 26.2. The first-order valence-corrected chi connectivity index (χ1v) is 12.3. The quantitative estimate of drug-likeness (QED) is 0.380. The molecule has 0 saturated carbocycles. The van der Waals surface area contributed by atoms with Crippen LogP contribution in [0.4, 0.5) is 10.5 Å². The highest BCUT2D eigenvalue weighted by molar-refractivity contribution is 7.09. The molecule has 3 atom stereocenters. The van der Waals surface area contributed by atoms with E-state index >= 15 is 0 Å². The first-order valence-electron chi connectivity index (χ1n) is 11.5. The molecule has 0 spiro atoms. The van der Waals surface area contributed by atoms with Crippen molar-refractivity contribution in [2.75, 3.05) is 19.0 Å². The van der Waals surface area contributed by atoms with Crippen LogP contribution in [-0.4, -0.2) is 60.4 Å². The number of thiophene rings is 1. The number of amides is 5. The number of primary amides is 1. The Bertz CT molecular complexity index is 1110. The molecule has 0 aliphatic carbocycles. The van der Waals surface area contributed by atoms with Gasteiger partial charge in [-0.1, -0.05) is 11.6 Å². The van der Waals surface area contributed by atoms with Gasteiger partial charge in [-0.25, -0.2) is 4.79 Å². The van der Waals surface area contributed by atoms with Crippen molar-refractivity contribution in [3.05, 3.63) is 58.3 Å². The van der Waals surface area contributed by atoms with Gasteiger partial charge in [0.15, 0.2) is 0 Å². The highest BCUT2D eigenvalue weighted by Gasteiger charge is 2.40. The highest BCUT2D eigenvalue weighted by atomic mass is 32.1. The third-order valence-electron chi connectivity index (χ3n) is 5.63. The number of benzene rings is 1. The summed E-state index contributed by atoms with van der Waals surface area (Å²) in [5, 5.41) is 10.1. The van der Waals surface area contributed by atoms with Crippen LogP contribution in [0.15, 0.2) is 53.4 Å². The lowest BCUT2D eigenvalue weighted by Crippen LogP contribution is -2.52. The van der Waals surface area contributed by atoms with Crippen LogP contribution in [0.3, 0.4) is 0 Å². The van der Waals surface area contributed by atoms with Gasteiger partial charge in [-0.2, -0.15) is 0 Å². The van der Waals surface area contributed by atoms with Crippen LogP contribution in [0.25, 0.3) is 0 Å². The van der Waals surface area contributed by atoms with Gasteiger partial charge in [0, 0.05) is 29.6 Å². The molecule has 192 valence electrons. The SMILES string of the molecule is COc1ccc(NC(=O)N[C@H]2C[C@@H](C(=O)N[C@@H](Cc3cccs3)C(N)=O)N(C(=O)C=C(C)C)C2)cc1. The molecule has 1 saturated heterocycles. The molecule has 1 aromatic heterocycles. The molecule has 2 aromatic rings. The van der Waals surface area contributed by atoms with Crippen molar-refractivity contribution in [3.8, 4) is 5.75 Å². The van der Waals surface area contributed by atoms with Crippen LogP contribution in [0.2, 0.25) is 0 Å². The summed E-state index contributed by atoms with van der Waals surface area (Å²) in [5.74, 6) is -0.840. The average molecular weight is 514 g/mol. The van der Waals surface area contributed by atoms with E-state index in [-0.39, 0.29) is 25.3 Å². The van der Waals surface area contributed by atoms with Gasteiger partial charge in [0.2, 0.25) is 17.7 Å². The summed E-state index contributed by atoms with van der Waals surface area (Å²) in [7, 11) is 1.55. The van der Waals surface area contributed by atoms with E-state index in [1.54, 1.807) is 45.2 Å². The first kappa shape index (κ1) is 26.7. The molecular formula is C25H31N5O5S. The number of ether oxygens (including phenoxy) is 1. The number of nitrogens with one attached hydrogen (secondary N) is 3. The second-order valence-electron chi connectivity index (χ2n) is 8.73. The second-order valence-corrected chi connectivity index (χ2v) is 9.77. The number of likely N-dealkylation sites (tertiary alicyclic amines) is 1. The Morgan fingerprint density at radius 3 is 2.50 bits per heavy atom. The maximum Gasteiger partial charge on any atom is 0.319 e. The minimum Gasteiger partial charge on any atom is -0.497 e. The molecule has 5 N–H and O–H groups in total. The number of nitrogens with zero attached hydrogens (tertiary/aromatic N) is 1. The molecular weight excluding hydrogens is 482 g/mol. The highest BCUT2D eigenvalue weighted by Crippen LogP contribution is 2.21. The molecule has 2 heterocycles. The summed E-state index contributed by atoms with van der Waals surface area (Å²) in [5.41, 5.74) is 6.88. The molecule has 1 aliphatic heterocycles. The first-order chi connectivity index (χ1) is 17.2. The van der Waals surface area contributed by atoms with E-state index < -0.39 is 36.0 Å².